The Kier molecular flexibility index (Phi) is 7.02. The fraction of sp³-hybridized carbons (Fsp3) is 0.316. The molecular weight excluding hydrogens is 437 g/mol. The van der Waals surface area contributed by atoms with Crippen molar-refractivity contribution in [2.45, 2.75) is 4.90 Å². The normalized spacial score (nSPS) is 15.8. The van der Waals surface area contributed by atoms with Crippen LogP contribution in [0.25, 0.3) is 0 Å². The fourth-order valence-corrected chi connectivity index (χ4v) is 4.83. The van der Waals surface area contributed by atoms with Crippen molar-refractivity contribution < 1.29 is 17.9 Å². The minimum atomic E-state index is -3.66. The van der Waals surface area contributed by atoms with Crippen molar-refractivity contribution in [2.75, 3.05) is 45.2 Å². The van der Waals surface area contributed by atoms with Crippen molar-refractivity contribution in [1.29, 1.82) is 0 Å². The van der Waals surface area contributed by atoms with E-state index in [1.807, 2.05) is 4.90 Å². The summed E-state index contributed by atoms with van der Waals surface area (Å²) in [7, 11) is -2.10. The van der Waals surface area contributed by atoms with E-state index in [4.69, 9.17) is 27.9 Å². The Morgan fingerprint density at radius 3 is 2.45 bits per heavy atom. The van der Waals surface area contributed by atoms with Gasteiger partial charge in [-0.1, -0.05) is 29.3 Å². The molecule has 0 unspecified atom stereocenters. The molecule has 10 heteroatoms. The summed E-state index contributed by atoms with van der Waals surface area (Å²) in [5.74, 6) is 0.489. The number of anilines is 1. The SMILES string of the molecule is COc1cccc(NC(=O)CN2CCN(S(=O)(=O)c3ccc(Cl)c(Cl)c3)CC2)c1. The molecule has 1 saturated heterocycles. The lowest BCUT2D eigenvalue weighted by Crippen LogP contribution is -2.50. The van der Waals surface area contributed by atoms with E-state index < -0.39 is 10.0 Å². The smallest absolute Gasteiger partial charge is 0.243 e. The molecule has 1 N–H and O–H groups in total. The standard InChI is InChI=1S/C19H21Cl2N3O4S/c1-28-15-4-2-3-14(11-15)22-19(25)13-23-7-9-24(10-8-23)29(26,27)16-5-6-17(20)18(21)12-16/h2-6,11-12H,7-10,13H2,1H3,(H,22,25). The van der Waals surface area contributed by atoms with Gasteiger partial charge in [0.15, 0.2) is 0 Å². The predicted octanol–water partition coefficient (Wildman–Crippen LogP) is 2.95. The van der Waals surface area contributed by atoms with Gasteiger partial charge in [0.1, 0.15) is 5.75 Å². The molecule has 7 nitrogen and oxygen atoms in total. The van der Waals surface area contributed by atoms with Crippen LogP contribution in [0.4, 0.5) is 5.69 Å². The lowest BCUT2D eigenvalue weighted by atomic mass is 10.3. The lowest BCUT2D eigenvalue weighted by Gasteiger charge is -2.33. The predicted molar refractivity (Wildman–Crippen MR) is 113 cm³/mol. The Morgan fingerprint density at radius 1 is 1.07 bits per heavy atom. The monoisotopic (exact) mass is 457 g/mol. The van der Waals surface area contributed by atoms with Gasteiger partial charge in [-0.3, -0.25) is 9.69 Å². The second-order valence-corrected chi connectivity index (χ2v) is 9.29. The summed E-state index contributed by atoms with van der Waals surface area (Å²) in [6, 6.07) is 11.4. The Bertz CT molecular complexity index is 993. The maximum absolute atomic E-state index is 12.8. The van der Waals surface area contributed by atoms with Gasteiger partial charge in [-0.2, -0.15) is 4.31 Å². The number of piperazine rings is 1. The third kappa shape index (κ3) is 5.40. The van der Waals surface area contributed by atoms with Crippen molar-refractivity contribution in [1.82, 2.24) is 9.21 Å². The molecule has 0 atom stereocenters. The molecule has 0 aliphatic carbocycles. The lowest BCUT2D eigenvalue weighted by molar-refractivity contribution is -0.117. The Morgan fingerprint density at radius 2 is 1.79 bits per heavy atom. The highest BCUT2D eigenvalue weighted by Gasteiger charge is 2.29. The number of nitrogens with zero attached hydrogens (tertiary/aromatic N) is 2. The molecule has 1 aliphatic rings. The van der Waals surface area contributed by atoms with Crippen LogP contribution in [0.5, 0.6) is 5.75 Å². The number of ether oxygens (including phenoxy) is 1. The summed E-state index contributed by atoms with van der Waals surface area (Å²) >= 11 is 11.8. The summed E-state index contributed by atoms with van der Waals surface area (Å²) in [6.07, 6.45) is 0. The van der Waals surface area contributed by atoms with Gasteiger partial charge in [0, 0.05) is 37.9 Å². The van der Waals surface area contributed by atoms with E-state index in [1.54, 1.807) is 31.4 Å². The number of carbonyl (C=O) groups excluding carboxylic acids is 1. The number of carbonyl (C=O) groups is 1. The van der Waals surface area contributed by atoms with Gasteiger partial charge in [-0.25, -0.2) is 8.42 Å². The van der Waals surface area contributed by atoms with Crippen LogP contribution in [0, 0.1) is 0 Å². The molecule has 2 aromatic rings. The van der Waals surface area contributed by atoms with E-state index in [2.05, 4.69) is 5.32 Å². The molecule has 29 heavy (non-hydrogen) atoms. The summed E-state index contributed by atoms with van der Waals surface area (Å²) in [5.41, 5.74) is 0.648. The van der Waals surface area contributed by atoms with E-state index in [1.165, 1.54) is 22.5 Å². The second kappa shape index (κ2) is 9.32. The second-order valence-electron chi connectivity index (χ2n) is 6.54. The fourth-order valence-electron chi connectivity index (χ4n) is 3.02. The average molecular weight is 458 g/mol. The zero-order valence-electron chi connectivity index (χ0n) is 15.8. The Labute approximate surface area is 180 Å². The third-order valence-electron chi connectivity index (χ3n) is 4.58. The summed E-state index contributed by atoms with van der Waals surface area (Å²) in [6.45, 7) is 1.65. The molecule has 0 bridgehead atoms. The first-order valence-electron chi connectivity index (χ1n) is 8.91. The Balaban J connectivity index is 1.55. The van der Waals surface area contributed by atoms with Gasteiger partial charge in [0.2, 0.25) is 15.9 Å². The highest BCUT2D eigenvalue weighted by Crippen LogP contribution is 2.27. The number of rotatable bonds is 6. The molecular formula is C19H21Cl2N3O4S. The zero-order chi connectivity index (χ0) is 21.0. The first-order valence-corrected chi connectivity index (χ1v) is 11.1. The van der Waals surface area contributed by atoms with Crippen LogP contribution in [-0.4, -0.2) is 63.4 Å². The summed E-state index contributed by atoms with van der Waals surface area (Å²) < 4.78 is 32.1. The highest BCUT2D eigenvalue weighted by atomic mass is 35.5. The molecule has 1 heterocycles. The minimum Gasteiger partial charge on any atom is -0.497 e. The minimum absolute atomic E-state index is 0.108. The maximum atomic E-state index is 12.8. The molecule has 0 spiro atoms. The van der Waals surface area contributed by atoms with E-state index in [-0.39, 0.29) is 35.5 Å². The average Bonchev–Trinajstić information content (AvgIpc) is 2.70. The summed E-state index contributed by atoms with van der Waals surface area (Å²) in [4.78, 5) is 14.3. The quantitative estimate of drug-likeness (QED) is 0.720. The van der Waals surface area contributed by atoms with Gasteiger partial charge < -0.3 is 10.1 Å². The Hall–Kier alpha value is -1.84. The van der Waals surface area contributed by atoms with Crippen molar-refractivity contribution in [2.24, 2.45) is 0 Å². The molecule has 1 amide bonds. The van der Waals surface area contributed by atoms with Gasteiger partial charge in [0.05, 0.1) is 28.6 Å². The van der Waals surface area contributed by atoms with Crippen molar-refractivity contribution in [3.05, 3.63) is 52.5 Å². The first kappa shape index (κ1) is 21.9. The number of amides is 1. The van der Waals surface area contributed by atoms with Crippen molar-refractivity contribution >= 4 is 44.8 Å². The number of halogens is 2. The third-order valence-corrected chi connectivity index (χ3v) is 7.21. The van der Waals surface area contributed by atoms with Crippen LogP contribution in [0.15, 0.2) is 47.4 Å². The van der Waals surface area contributed by atoms with Gasteiger partial charge >= 0.3 is 0 Å². The molecule has 0 radical (unpaired) electrons. The van der Waals surface area contributed by atoms with Crippen LogP contribution in [0.3, 0.4) is 0 Å². The van der Waals surface area contributed by atoms with Crippen LogP contribution in [0.2, 0.25) is 10.0 Å². The highest BCUT2D eigenvalue weighted by molar-refractivity contribution is 7.89. The topological polar surface area (TPSA) is 79.0 Å². The van der Waals surface area contributed by atoms with E-state index >= 15 is 0 Å². The van der Waals surface area contributed by atoms with E-state index in [9.17, 15) is 13.2 Å². The van der Waals surface area contributed by atoms with Crippen molar-refractivity contribution in [3.63, 3.8) is 0 Å². The number of hydrogen-bond donors (Lipinski definition) is 1. The van der Waals surface area contributed by atoms with E-state index in [0.29, 0.717) is 29.5 Å². The molecule has 3 rings (SSSR count). The molecule has 0 saturated carbocycles. The molecule has 1 aliphatic heterocycles. The number of hydrogen-bond acceptors (Lipinski definition) is 5. The van der Waals surface area contributed by atoms with Gasteiger partial charge in [0.25, 0.3) is 0 Å². The van der Waals surface area contributed by atoms with Gasteiger partial charge in [-0.15, -0.1) is 0 Å². The van der Waals surface area contributed by atoms with E-state index in [0.717, 1.165) is 0 Å². The molecule has 0 aromatic heterocycles. The molecule has 1 fully saturated rings. The van der Waals surface area contributed by atoms with Gasteiger partial charge in [-0.05, 0) is 30.3 Å². The summed E-state index contributed by atoms with van der Waals surface area (Å²) in [5, 5.41) is 3.32. The molecule has 156 valence electrons. The number of sulfonamides is 1. The number of benzene rings is 2. The number of methoxy groups -OCH3 is 1. The van der Waals surface area contributed by atoms with Crippen LogP contribution < -0.4 is 10.1 Å². The zero-order valence-corrected chi connectivity index (χ0v) is 18.1. The first-order chi connectivity index (χ1) is 13.8. The number of nitrogens with one attached hydrogen (secondary N) is 1. The van der Waals surface area contributed by atoms with Crippen LogP contribution in [-0.2, 0) is 14.8 Å². The van der Waals surface area contributed by atoms with Crippen LogP contribution in [0.1, 0.15) is 0 Å². The largest absolute Gasteiger partial charge is 0.497 e. The maximum Gasteiger partial charge on any atom is 0.243 e. The van der Waals surface area contributed by atoms with Crippen molar-refractivity contribution in [3.8, 4) is 5.75 Å². The van der Waals surface area contributed by atoms with Crippen LogP contribution >= 0.6 is 23.2 Å². The molecule has 2 aromatic carbocycles.